The smallest absolute Gasteiger partial charge is 0.496 e. The Morgan fingerprint density at radius 1 is 0.690 bits per heavy atom. The molecule has 2 atom stereocenters. The Kier molecular flexibility index (Phi) is 3.69. The average molecular weight is 577 g/mol. The maximum Gasteiger partial charge on any atom is 0.535 e. The molecule has 0 bridgehead atoms. The number of benzene rings is 4. The lowest BCUT2D eigenvalue weighted by Gasteiger charge is -2.39. The third-order valence-electron chi connectivity index (χ3n) is 9.24. The number of hydrogen-bond acceptors (Lipinski definition) is 9. The first-order chi connectivity index (χ1) is 20.4. The summed E-state index contributed by atoms with van der Waals surface area (Å²) in [4.78, 5) is 0. The van der Waals surface area contributed by atoms with E-state index in [-0.39, 0.29) is 0 Å². The summed E-state index contributed by atoms with van der Waals surface area (Å²) in [6.07, 6.45) is 1.38. The summed E-state index contributed by atoms with van der Waals surface area (Å²) >= 11 is 0. The number of nitrogens with zero attached hydrogens (tertiary/aromatic N) is 4. The Morgan fingerprint density at radius 2 is 1.14 bits per heavy atom. The molecule has 5 aliphatic heterocycles. The van der Waals surface area contributed by atoms with Crippen LogP contribution in [0.1, 0.15) is 22.3 Å². The van der Waals surface area contributed by atoms with Crippen LogP contribution >= 0.6 is 7.14 Å². The van der Waals surface area contributed by atoms with E-state index in [2.05, 4.69) is 0 Å². The van der Waals surface area contributed by atoms with Gasteiger partial charge >= 0.3 is 24.0 Å². The second-order valence-electron chi connectivity index (χ2n) is 11.0. The van der Waals surface area contributed by atoms with Gasteiger partial charge in [-0.05, 0) is 59.7 Å². The molecule has 0 radical (unpaired) electrons. The van der Waals surface area contributed by atoms with Gasteiger partial charge in [0, 0.05) is 19.6 Å². The van der Waals surface area contributed by atoms with Crippen LogP contribution in [0, 0.1) is 0 Å². The number of nitrogens with two attached hydrogens (primary N) is 2. The molecule has 204 valence electrons. The van der Waals surface area contributed by atoms with Crippen molar-refractivity contribution in [2.24, 2.45) is 11.5 Å². The highest BCUT2D eigenvalue weighted by molar-refractivity contribution is 7.86. The molecular formula is C30H21N6O5P+2. The summed E-state index contributed by atoms with van der Waals surface area (Å²) < 4.78 is 43.8. The van der Waals surface area contributed by atoms with Crippen molar-refractivity contribution in [1.29, 1.82) is 0 Å². The van der Waals surface area contributed by atoms with Gasteiger partial charge in [0.2, 0.25) is 6.33 Å². The van der Waals surface area contributed by atoms with Crippen LogP contribution in [-0.4, -0.2) is 24.4 Å². The van der Waals surface area contributed by atoms with Crippen LogP contribution in [0.2, 0.25) is 0 Å². The largest absolute Gasteiger partial charge is 0.535 e. The molecule has 0 aliphatic carbocycles. The van der Waals surface area contributed by atoms with Crippen molar-refractivity contribution in [3.63, 3.8) is 0 Å². The van der Waals surface area contributed by atoms with E-state index in [0.717, 1.165) is 11.1 Å². The normalized spacial score (nSPS) is 25.0. The van der Waals surface area contributed by atoms with Gasteiger partial charge in [-0.1, -0.05) is 12.1 Å². The quantitative estimate of drug-likeness (QED) is 0.228. The SMILES string of the molecule is COc1cccc2c1C1(N)c3c(ccc4c3P3(=O)c5c-4ccc4c5C(N)(c5c(OC)cccc5O4)[n+]4ncn[n+]1c43)O2. The fourth-order valence-corrected chi connectivity index (χ4v) is 11.6. The van der Waals surface area contributed by atoms with E-state index in [1.165, 1.54) is 6.33 Å². The standard InChI is InChI=1S/C30H21N6O5P/c1-38-16-5-3-7-18-22(16)29(31)24-20(40-18)11-9-14-15-10-12-21-25-27(15)42(37,26(14)24)28-35(29)33-13-34-36(28)30(25,32)23-17(39-2)6-4-8-19(23)41-21/h3-13H,31-32H2,1-2H3/q+2. The highest BCUT2D eigenvalue weighted by Gasteiger charge is 2.76. The summed E-state index contributed by atoms with van der Waals surface area (Å²) in [5.74, 6) is 3.06. The van der Waals surface area contributed by atoms with Crippen molar-refractivity contribution >= 4 is 23.3 Å². The molecule has 5 aliphatic rings. The van der Waals surface area contributed by atoms with Gasteiger partial charge in [-0.2, -0.15) is 0 Å². The summed E-state index contributed by atoms with van der Waals surface area (Å²) in [5.41, 5.74) is 16.4. The molecular weight excluding hydrogens is 555 g/mol. The van der Waals surface area contributed by atoms with Gasteiger partial charge in [0.15, 0.2) is 0 Å². The number of ether oxygens (including phenoxy) is 4. The molecule has 4 N–H and O–H groups in total. The van der Waals surface area contributed by atoms with Crippen molar-refractivity contribution in [3.8, 4) is 45.6 Å². The van der Waals surface area contributed by atoms with Gasteiger partial charge in [0.1, 0.15) is 56.8 Å². The highest BCUT2D eigenvalue weighted by atomic mass is 31.2. The molecule has 11 nitrogen and oxygen atoms in total. The zero-order valence-corrected chi connectivity index (χ0v) is 23.2. The van der Waals surface area contributed by atoms with E-state index >= 15 is 4.57 Å². The molecule has 4 aromatic carbocycles. The zero-order valence-electron chi connectivity index (χ0n) is 22.3. The van der Waals surface area contributed by atoms with Crippen LogP contribution in [0.5, 0.6) is 34.5 Å². The Morgan fingerprint density at radius 3 is 1.60 bits per heavy atom. The number of rotatable bonds is 2. The topological polar surface area (TPSA) is 140 Å². The zero-order chi connectivity index (χ0) is 28.3. The summed E-state index contributed by atoms with van der Waals surface area (Å²) in [5, 5.41) is 10.6. The van der Waals surface area contributed by atoms with Gasteiger partial charge in [-0.15, -0.1) is 0 Å². The molecule has 12 heteroatoms. The minimum Gasteiger partial charge on any atom is -0.496 e. The molecule has 0 spiro atoms. The molecule has 10 rings (SSSR count). The van der Waals surface area contributed by atoms with Crippen molar-refractivity contribution < 1.29 is 32.9 Å². The first kappa shape index (κ1) is 22.8. The molecule has 6 heterocycles. The molecule has 0 amide bonds. The second kappa shape index (κ2) is 6.79. The molecule has 0 saturated heterocycles. The maximum absolute atomic E-state index is 16.1. The van der Waals surface area contributed by atoms with Crippen LogP contribution < -0.4 is 56.0 Å². The summed E-state index contributed by atoms with van der Waals surface area (Å²) in [7, 11) is -0.526. The third kappa shape index (κ3) is 2.06. The average Bonchev–Trinajstić information content (AvgIpc) is 3.28. The molecule has 0 fully saturated rings. The predicted octanol–water partition coefficient (Wildman–Crippen LogP) is 0.943. The Labute approximate surface area is 238 Å². The number of hydrogen-bond donors (Lipinski definition) is 2. The fraction of sp³-hybridized carbons (Fsp3) is 0.133. The first-order valence-electron chi connectivity index (χ1n) is 13.3. The third-order valence-corrected chi connectivity index (χ3v) is 12.4. The lowest BCUT2D eigenvalue weighted by Crippen LogP contribution is -2.89. The van der Waals surface area contributed by atoms with Crippen molar-refractivity contribution in [3.05, 3.63) is 89.2 Å². The van der Waals surface area contributed by atoms with Gasteiger partial charge in [0.05, 0.1) is 24.8 Å². The van der Waals surface area contributed by atoms with E-state index < -0.39 is 18.5 Å². The number of methoxy groups -OCH3 is 2. The van der Waals surface area contributed by atoms with Crippen LogP contribution in [0.4, 0.5) is 0 Å². The fourth-order valence-electron chi connectivity index (χ4n) is 7.73. The molecule has 1 aromatic heterocycles. The molecule has 0 saturated carbocycles. The highest BCUT2D eigenvalue weighted by Crippen LogP contribution is 2.64. The first-order valence-corrected chi connectivity index (χ1v) is 15.0. The van der Waals surface area contributed by atoms with Gasteiger partial charge in [-0.25, -0.2) is 0 Å². The predicted molar refractivity (Wildman–Crippen MR) is 148 cm³/mol. The van der Waals surface area contributed by atoms with Crippen LogP contribution in [0.3, 0.4) is 0 Å². The van der Waals surface area contributed by atoms with E-state index in [0.29, 0.717) is 72.9 Å². The number of aromatic nitrogens is 4. The van der Waals surface area contributed by atoms with Crippen LogP contribution in [-0.2, 0) is 15.9 Å². The van der Waals surface area contributed by atoms with E-state index in [1.54, 1.807) is 23.6 Å². The minimum atomic E-state index is -3.68. The van der Waals surface area contributed by atoms with E-state index in [9.17, 15) is 0 Å². The van der Waals surface area contributed by atoms with Crippen molar-refractivity contribution in [2.75, 3.05) is 14.2 Å². The van der Waals surface area contributed by atoms with Crippen molar-refractivity contribution in [2.45, 2.75) is 11.3 Å². The molecule has 5 aromatic rings. The number of fused-ring (bicyclic) bond motifs is 7. The second-order valence-corrected chi connectivity index (χ2v) is 13.5. The molecule has 2 unspecified atom stereocenters. The Bertz CT molecular complexity index is 2070. The van der Waals surface area contributed by atoms with Crippen LogP contribution in [0.15, 0.2) is 67.0 Å². The Hall–Kier alpha value is -4.83. The summed E-state index contributed by atoms with van der Waals surface area (Å²) in [6.45, 7) is 0. The van der Waals surface area contributed by atoms with E-state index in [4.69, 9.17) is 40.6 Å². The lowest BCUT2D eigenvalue weighted by molar-refractivity contribution is -0.894. The van der Waals surface area contributed by atoms with Gasteiger partial charge < -0.3 is 18.9 Å². The monoisotopic (exact) mass is 576 g/mol. The summed E-state index contributed by atoms with van der Waals surface area (Å²) in [6, 6.07) is 18.6. The maximum atomic E-state index is 16.1. The van der Waals surface area contributed by atoms with Crippen LogP contribution in [0.25, 0.3) is 11.1 Å². The minimum absolute atomic E-state index is 0.293. The Balaban J connectivity index is 1.47. The lowest BCUT2D eigenvalue weighted by atomic mass is 9.84. The van der Waals surface area contributed by atoms with Gasteiger partial charge in [-0.3, -0.25) is 16.0 Å². The van der Waals surface area contributed by atoms with E-state index in [1.807, 2.05) is 60.7 Å². The molecule has 42 heavy (non-hydrogen) atoms. The van der Waals surface area contributed by atoms with Gasteiger partial charge in [0.25, 0.3) is 0 Å². The van der Waals surface area contributed by atoms with Crippen molar-refractivity contribution in [1.82, 2.24) is 10.2 Å².